The minimum atomic E-state index is 0.340. The lowest BCUT2D eigenvalue weighted by atomic mass is 9.81. The molecule has 0 aliphatic carbocycles. The maximum absolute atomic E-state index is 9.25. The zero-order valence-corrected chi connectivity index (χ0v) is 13.0. The summed E-state index contributed by atoms with van der Waals surface area (Å²) in [7, 11) is 0. The number of hydrogen-bond acceptors (Lipinski definition) is 2. The van der Waals surface area contributed by atoms with Gasteiger partial charge in [-0.3, -0.25) is 0 Å². The van der Waals surface area contributed by atoms with E-state index in [0.29, 0.717) is 23.1 Å². The van der Waals surface area contributed by atoms with E-state index in [4.69, 9.17) is 0 Å². The van der Waals surface area contributed by atoms with Gasteiger partial charge >= 0.3 is 0 Å². The Labute approximate surface area is 118 Å². The summed E-state index contributed by atoms with van der Waals surface area (Å²) >= 11 is 0. The molecule has 2 heteroatoms. The molecule has 0 fully saturated rings. The van der Waals surface area contributed by atoms with Crippen molar-refractivity contribution in [2.24, 2.45) is 11.3 Å². The molecule has 0 bridgehead atoms. The molecule has 0 aliphatic rings. The molecule has 1 unspecified atom stereocenters. The van der Waals surface area contributed by atoms with E-state index in [1.165, 1.54) is 5.56 Å². The van der Waals surface area contributed by atoms with Gasteiger partial charge in [0.05, 0.1) is 0 Å². The third-order valence-corrected chi connectivity index (χ3v) is 4.27. The second-order valence-electron chi connectivity index (χ2n) is 6.63. The van der Waals surface area contributed by atoms with E-state index in [2.05, 4.69) is 39.9 Å². The van der Waals surface area contributed by atoms with E-state index in [9.17, 15) is 5.11 Å². The Morgan fingerprint density at radius 3 is 2.21 bits per heavy atom. The zero-order chi connectivity index (χ0) is 14.5. The average Bonchev–Trinajstić information content (AvgIpc) is 2.35. The van der Waals surface area contributed by atoms with Gasteiger partial charge in [-0.1, -0.05) is 39.8 Å². The highest BCUT2D eigenvalue weighted by molar-refractivity contribution is 5.25. The predicted molar refractivity (Wildman–Crippen MR) is 82.5 cm³/mol. The van der Waals surface area contributed by atoms with Crippen molar-refractivity contribution in [3.8, 4) is 5.75 Å². The molecule has 0 spiro atoms. The standard InChI is InChI=1S/C17H29NO/c1-13(2)17(4,5)12-18-14(3)6-7-15-8-10-16(19)11-9-15/h8-11,13-14,18-19H,6-7,12H2,1-5H3. The van der Waals surface area contributed by atoms with Crippen LogP contribution in [0.1, 0.15) is 46.6 Å². The number of benzene rings is 1. The summed E-state index contributed by atoms with van der Waals surface area (Å²) in [6, 6.07) is 8.04. The molecule has 1 rings (SSSR count). The maximum atomic E-state index is 9.25. The van der Waals surface area contributed by atoms with Crippen LogP contribution in [-0.4, -0.2) is 17.7 Å². The van der Waals surface area contributed by atoms with E-state index >= 15 is 0 Å². The smallest absolute Gasteiger partial charge is 0.115 e. The molecule has 1 atom stereocenters. The molecule has 1 aromatic carbocycles. The van der Waals surface area contributed by atoms with Gasteiger partial charge in [0.2, 0.25) is 0 Å². The quantitative estimate of drug-likeness (QED) is 0.779. The summed E-state index contributed by atoms with van der Waals surface area (Å²) < 4.78 is 0. The number of phenols is 1. The minimum absolute atomic E-state index is 0.340. The number of phenolic OH excluding ortho intramolecular Hbond substituents is 1. The molecule has 19 heavy (non-hydrogen) atoms. The van der Waals surface area contributed by atoms with Crippen molar-refractivity contribution in [3.63, 3.8) is 0 Å². The van der Waals surface area contributed by atoms with Crippen molar-refractivity contribution in [1.82, 2.24) is 5.32 Å². The number of aromatic hydroxyl groups is 1. The third-order valence-electron chi connectivity index (χ3n) is 4.27. The number of aryl methyl sites for hydroxylation is 1. The van der Waals surface area contributed by atoms with Crippen molar-refractivity contribution >= 4 is 0 Å². The van der Waals surface area contributed by atoms with Crippen LogP contribution in [0, 0.1) is 11.3 Å². The van der Waals surface area contributed by atoms with Crippen LogP contribution < -0.4 is 5.32 Å². The third kappa shape index (κ3) is 5.65. The number of rotatable bonds is 7. The van der Waals surface area contributed by atoms with Crippen LogP contribution in [0.4, 0.5) is 0 Å². The zero-order valence-electron chi connectivity index (χ0n) is 13.0. The topological polar surface area (TPSA) is 32.3 Å². The average molecular weight is 263 g/mol. The Morgan fingerprint density at radius 2 is 1.68 bits per heavy atom. The highest BCUT2D eigenvalue weighted by atomic mass is 16.3. The molecule has 1 aromatic rings. The first-order valence-corrected chi connectivity index (χ1v) is 7.32. The summed E-state index contributed by atoms with van der Waals surface area (Å²) in [5.41, 5.74) is 1.63. The van der Waals surface area contributed by atoms with Crippen LogP contribution >= 0.6 is 0 Å². The van der Waals surface area contributed by atoms with Gasteiger partial charge in [-0.15, -0.1) is 0 Å². The second kappa shape index (κ2) is 6.95. The lowest BCUT2D eigenvalue weighted by molar-refractivity contribution is 0.228. The summed E-state index contributed by atoms with van der Waals surface area (Å²) in [6.45, 7) is 12.5. The van der Waals surface area contributed by atoms with Gasteiger partial charge in [-0.2, -0.15) is 0 Å². The Morgan fingerprint density at radius 1 is 1.11 bits per heavy atom. The van der Waals surface area contributed by atoms with Crippen LogP contribution in [0.25, 0.3) is 0 Å². The molecule has 0 heterocycles. The van der Waals surface area contributed by atoms with Crippen molar-refractivity contribution < 1.29 is 5.11 Å². The van der Waals surface area contributed by atoms with Crippen molar-refractivity contribution in [2.45, 2.75) is 53.5 Å². The first-order valence-electron chi connectivity index (χ1n) is 7.32. The SMILES string of the molecule is CC(CCc1ccc(O)cc1)NCC(C)(C)C(C)C. The van der Waals surface area contributed by atoms with Gasteiger partial charge in [0.25, 0.3) is 0 Å². The lowest BCUT2D eigenvalue weighted by Gasteiger charge is -2.31. The highest BCUT2D eigenvalue weighted by Gasteiger charge is 2.22. The summed E-state index contributed by atoms with van der Waals surface area (Å²) in [4.78, 5) is 0. The summed E-state index contributed by atoms with van der Waals surface area (Å²) in [5, 5.41) is 12.9. The summed E-state index contributed by atoms with van der Waals surface area (Å²) in [6.07, 6.45) is 2.18. The molecule has 2 nitrogen and oxygen atoms in total. The van der Waals surface area contributed by atoms with Crippen LogP contribution in [0.15, 0.2) is 24.3 Å². The van der Waals surface area contributed by atoms with E-state index in [1.54, 1.807) is 12.1 Å². The molecular weight excluding hydrogens is 234 g/mol. The number of nitrogens with one attached hydrogen (secondary N) is 1. The first kappa shape index (κ1) is 16.0. The predicted octanol–water partition coefficient (Wildman–Crippen LogP) is 3.99. The van der Waals surface area contributed by atoms with Crippen molar-refractivity contribution in [2.75, 3.05) is 6.54 Å². The maximum Gasteiger partial charge on any atom is 0.115 e. The van der Waals surface area contributed by atoms with Crippen molar-refractivity contribution in [3.05, 3.63) is 29.8 Å². The van der Waals surface area contributed by atoms with Gasteiger partial charge in [0.1, 0.15) is 5.75 Å². The Bertz CT molecular complexity index is 367. The fourth-order valence-corrected chi connectivity index (χ4v) is 1.79. The van der Waals surface area contributed by atoms with E-state index in [0.717, 1.165) is 19.4 Å². The molecule has 2 N–H and O–H groups in total. The molecule has 0 aliphatic heterocycles. The Hall–Kier alpha value is -1.02. The van der Waals surface area contributed by atoms with E-state index < -0.39 is 0 Å². The largest absolute Gasteiger partial charge is 0.508 e. The van der Waals surface area contributed by atoms with Gasteiger partial charge in [-0.05, 0) is 48.8 Å². The number of hydrogen-bond donors (Lipinski definition) is 2. The first-order chi connectivity index (χ1) is 8.81. The lowest BCUT2D eigenvalue weighted by Crippen LogP contribution is -2.38. The van der Waals surface area contributed by atoms with Gasteiger partial charge in [0, 0.05) is 12.6 Å². The molecule has 0 aromatic heterocycles. The van der Waals surface area contributed by atoms with E-state index in [1.807, 2.05) is 12.1 Å². The van der Waals surface area contributed by atoms with Crippen LogP contribution in [0.5, 0.6) is 5.75 Å². The molecule has 0 amide bonds. The molecule has 0 saturated carbocycles. The molecule has 108 valence electrons. The fraction of sp³-hybridized carbons (Fsp3) is 0.647. The normalized spacial score (nSPS) is 13.8. The van der Waals surface area contributed by atoms with Crippen LogP contribution in [-0.2, 0) is 6.42 Å². The second-order valence-corrected chi connectivity index (χ2v) is 6.63. The van der Waals surface area contributed by atoms with E-state index in [-0.39, 0.29) is 0 Å². The Balaban J connectivity index is 2.32. The van der Waals surface area contributed by atoms with Gasteiger partial charge in [-0.25, -0.2) is 0 Å². The van der Waals surface area contributed by atoms with Crippen LogP contribution in [0.2, 0.25) is 0 Å². The van der Waals surface area contributed by atoms with Crippen LogP contribution in [0.3, 0.4) is 0 Å². The molecule has 0 radical (unpaired) electrons. The molecule has 0 saturated heterocycles. The summed E-state index contributed by atoms with van der Waals surface area (Å²) in [5.74, 6) is 1.03. The Kier molecular flexibility index (Phi) is 5.86. The fourth-order valence-electron chi connectivity index (χ4n) is 1.79. The van der Waals surface area contributed by atoms with Gasteiger partial charge in [0.15, 0.2) is 0 Å². The molecular formula is C17H29NO. The van der Waals surface area contributed by atoms with Gasteiger partial charge < -0.3 is 10.4 Å². The van der Waals surface area contributed by atoms with Crippen molar-refractivity contribution in [1.29, 1.82) is 0 Å². The highest BCUT2D eigenvalue weighted by Crippen LogP contribution is 2.25. The minimum Gasteiger partial charge on any atom is -0.508 e. The monoisotopic (exact) mass is 263 g/mol.